The Bertz CT molecular complexity index is 542. The summed E-state index contributed by atoms with van der Waals surface area (Å²) in [5.41, 5.74) is 0.760. The average Bonchev–Trinajstić information content (AvgIpc) is 2.48. The van der Waals surface area contributed by atoms with Crippen molar-refractivity contribution >= 4 is 22.0 Å². The highest BCUT2D eigenvalue weighted by atomic mass is 79.9. The third-order valence-corrected chi connectivity index (χ3v) is 4.45. The maximum Gasteiger partial charge on any atom is 0.410 e. The Morgan fingerprint density at radius 2 is 2.21 bits per heavy atom. The van der Waals surface area contributed by atoms with Crippen LogP contribution >= 0.6 is 15.9 Å². The predicted octanol–water partition coefficient (Wildman–Crippen LogP) is 3.92. The first-order valence-corrected chi connectivity index (χ1v) is 9.29. The summed E-state index contributed by atoms with van der Waals surface area (Å²) >= 11 is 3.36. The molecular formula is C18H28BrN3O2. The molecule has 2 heterocycles. The van der Waals surface area contributed by atoms with Crippen LogP contribution in [-0.2, 0) is 11.3 Å². The molecule has 2 rings (SSSR count). The molecule has 0 N–H and O–H groups in total. The van der Waals surface area contributed by atoms with Crippen LogP contribution in [0.25, 0.3) is 0 Å². The zero-order valence-electron chi connectivity index (χ0n) is 15.1. The number of amides is 1. The minimum atomic E-state index is -0.435. The van der Waals surface area contributed by atoms with Crippen LogP contribution in [0.2, 0.25) is 0 Å². The topological polar surface area (TPSA) is 45.7 Å². The Morgan fingerprint density at radius 1 is 1.46 bits per heavy atom. The molecule has 1 amide bonds. The summed E-state index contributed by atoms with van der Waals surface area (Å²) in [5, 5.41) is 0. The summed E-state index contributed by atoms with van der Waals surface area (Å²) in [7, 11) is 2.12. The van der Waals surface area contributed by atoms with E-state index < -0.39 is 5.60 Å². The Labute approximate surface area is 153 Å². The number of likely N-dealkylation sites (tertiary alicyclic amines) is 1. The number of hydrogen-bond donors (Lipinski definition) is 0. The van der Waals surface area contributed by atoms with Gasteiger partial charge in [-0.15, -0.1) is 0 Å². The summed E-state index contributed by atoms with van der Waals surface area (Å²) in [6.07, 6.45) is 3.90. The molecule has 0 unspecified atom stereocenters. The maximum absolute atomic E-state index is 12.2. The van der Waals surface area contributed by atoms with E-state index in [9.17, 15) is 4.79 Å². The largest absolute Gasteiger partial charge is 0.444 e. The van der Waals surface area contributed by atoms with Gasteiger partial charge in [0.25, 0.3) is 0 Å². The number of aromatic nitrogens is 1. The first kappa shape index (κ1) is 19.2. The summed E-state index contributed by atoms with van der Waals surface area (Å²) in [6.45, 7) is 9.13. The van der Waals surface area contributed by atoms with Crippen molar-refractivity contribution < 1.29 is 9.53 Å². The van der Waals surface area contributed by atoms with Gasteiger partial charge in [0.05, 0.1) is 0 Å². The van der Waals surface area contributed by atoms with E-state index in [2.05, 4.69) is 38.9 Å². The second kappa shape index (κ2) is 8.30. The van der Waals surface area contributed by atoms with Crippen LogP contribution in [0.3, 0.4) is 0 Å². The van der Waals surface area contributed by atoms with Crippen molar-refractivity contribution in [3.63, 3.8) is 0 Å². The molecule has 0 spiro atoms. The van der Waals surface area contributed by atoms with Gasteiger partial charge in [0.1, 0.15) is 10.2 Å². The molecule has 1 atom stereocenters. The Hall–Kier alpha value is -1.14. The number of rotatable bonds is 4. The van der Waals surface area contributed by atoms with Crippen molar-refractivity contribution in [2.75, 3.05) is 26.7 Å². The molecule has 1 aromatic rings. The highest BCUT2D eigenvalue weighted by Crippen LogP contribution is 2.20. The van der Waals surface area contributed by atoms with Crippen LogP contribution in [0.4, 0.5) is 4.79 Å². The molecule has 134 valence electrons. The lowest BCUT2D eigenvalue weighted by atomic mass is 9.97. The van der Waals surface area contributed by atoms with Gasteiger partial charge < -0.3 is 14.5 Å². The first-order valence-electron chi connectivity index (χ1n) is 8.50. The second-order valence-corrected chi connectivity index (χ2v) is 8.43. The van der Waals surface area contributed by atoms with Gasteiger partial charge in [0.15, 0.2) is 0 Å². The highest BCUT2D eigenvalue weighted by Gasteiger charge is 2.28. The molecule has 1 aromatic heterocycles. The van der Waals surface area contributed by atoms with Crippen molar-refractivity contribution in [2.24, 2.45) is 5.92 Å². The molecule has 0 aliphatic carbocycles. The van der Waals surface area contributed by atoms with Gasteiger partial charge in [-0.25, -0.2) is 9.78 Å². The lowest BCUT2D eigenvalue weighted by Gasteiger charge is -2.35. The van der Waals surface area contributed by atoms with Crippen molar-refractivity contribution in [1.29, 1.82) is 0 Å². The van der Waals surface area contributed by atoms with E-state index in [1.807, 2.05) is 37.9 Å². The zero-order valence-corrected chi connectivity index (χ0v) is 16.7. The minimum Gasteiger partial charge on any atom is -0.444 e. The summed E-state index contributed by atoms with van der Waals surface area (Å²) in [4.78, 5) is 20.7. The third-order valence-electron chi connectivity index (χ3n) is 3.98. The van der Waals surface area contributed by atoms with Gasteiger partial charge >= 0.3 is 6.09 Å². The van der Waals surface area contributed by atoms with E-state index in [-0.39, 0.29) is 6.09 Å². The summed E-state index contributed by atoms with van der Waals surface area (Å²) < 4.78 is 6.35. The van der Waals surface area contributed by atoms with E-state index in [1.54, 1.807) is 0 Å². The quantitative estimate of drug-likeness (QED) is 0.722. The van der Waals surface area contributed by atoms with Gasteiger partial charge in [0.2, 0.25) is 0 Å². The Balaban J connectivity index is 1.83. The molecule has 1 aliphatic heterocycles. The number of nitrogens with zero attached hydrogens (tertiary/aromatic N) is 3. The molecule has 6 heteroatoms. The normalized spacial score (nSPS) is 18.8. The number of pyridine rings is 1. The Morgan fingerprint density at radius 3 is 2.83 bits per heavy atom. The van der Waals surface area contributed by atoms with Crippen molar-refractivity contribution in [3.05, 3.63) is 28.5 Å². The summed E-state index contributed by atoms with van der Waals surface area (Å²) in [5.74, 6) is 0.486. The van der Waals surface area contributed by atoms with Gasteiger partial charge in [-0.05, 0) is 74.1 Å². The number of piperidine rings is 1. The molecule has 0 radical (unpaired) electrons. The molecule has 1 fully saturated rings. The molecule has 5 nitrogen and oxygen atoms in total. The zero-order chi connectivity index (χ0) is 17.7. The smallest absolute Gasteiger partial charge is 0.410 e. The molecule has 0 bridgehead atoms. The SMILES string of the molecule is CN(Cc1ccc(Br)nc1)C[C@H]1CCCN(C(=O)OC(C)(C)C)C1. The van der Waals surface area contributed by atoms with Crippen LogP contribution < -0.4 is 0 Å². The minimum absolute atomic E-state index is 0.188. The molecule has 1 saturated heterocycles. The molecule has 1 aliphatic rings. The fraction of sp³-hybridized carbons (Fsp3) is 0.667. The highest BCUT2D eigenvalue weighted by molar-refractivity contribution is 9.10. The fourth-order valence-electron chi connectivity index (χ4n) is 3.02. The fourth-order valence-corrected chi connectivity index (χ4v) is 3.26. The second-order valence-electron chi connectivity index (χ2n) is 7.62. The summed E-state index contributed by atoms with van der Waals surface area (Å²) in [6, 6.07) is 4.05. The lowest BCUT2D eigenvalue weighted by molar-refractivity contribution is 0.0148. The number of carbonyl (C=O) groups is 1. The standard InChI is InChI=1S/C18H28BrN3O2/c1-18(2,3)24-17(23)22-9-5-6-15(13-22)12-21(4)11-14-7-8-16(19)20-10-14/h7-8,10,15H,5-6,9,11-13H2,1-4H3/t15-/m1/s1. The van der Waals surface area contributed by atoms with E-state index >= 15 is 0 Å². The number of carbonyl (C=O) groups excluding carboxylic acids is 1. The van der Waals surface area contributed by atoms with Crippen LogP contribution in [-0.4, -0.2) is 53.2 Å². The van der Waals surface area contributed by atoms with Crippen molar-refractivity contribution in [2.45, 2.75) is 45.8 Å². The van der Waals surface area contributed by atoms with Gasteiger partial charge in [-0.1, -0.05) is 6.07 Å². The third kappa shape index (κ3) is 6.40. The van der Waals surface area contributed by atoms with Crippen molar-refractivity contribution in [1.82, 2.24) is 14.8 Å². The molecule has 0 saturated carbocycles. The Kier molecular flexibility index (Phi) is 6.63. The molecule has 0 aromatic carbocycles. The van der Waals surface area contributed by atoms with E-state index in [0.717, 1.165) is 43.6 Å². The van der Waals surface area contributed by atoms with Crippen LogP contribution in [0.5, 0.6) is 0 Å². The predicted molar refractivity (Wildman–Crippen MR) is 98.8 cm³/mol. The van der Waals surface area contributed by atoms with Gasteiger partial charge in [-0.2, -0.15) is 0 Å². The monoisotopic (exact) mass is 397 g/mol. The lowest BCUT2D eigenvalue weighted by Crippen LogP contribution is -2.45. The van der Waals surface area contributed by atoms with Crippen LogP contribution in [0, 0.1) is 5.92 Å². The maximum atomic E-state index is 12.2. The van der Waals surface area contributed by atoms with E-state index in [0.29, 0.717) is 5.92 Å². The molecule has 24 heavy (non-hydrogen) atoms. The van der Waals surface area contributed by atoms with Crippen LogP contribution in [0.1, 0.15) is 39.2 Å². The number of hydrogen-bond acceptors (Lipinski definition) is 4. The average molecular weight is 398 g/mol. The van der Waals surface area contributed by atoms with Crippen molar-refractivity contribution in [3.8, 4) is 0 Å². The van der Waals surface area contributed by atoms with Crippen LogP contribution in [0.15, 0.2) is 22.9 Å². The van der Waals surface area contributed by atoms with E-state index in [4.69, 9.17) is 4.74 Å². The first-order chi connectivity index (χ1) is 11.2. The number of halogens is 1. The molecular weight excluding hydrogens is 370 g/mol. The number of ether oxygens (including phenoxy) is 1. The van der Waals surface area contributed by atoms with Gasteiger partial charge in [0, 0.05) is 32.4 Å². The van der Waals surface area contributed by atoms with E-state index in [1.165, 1.54) is 5.56 Å². The van der Waals surface area contributed by atoms with Gasteiger partial charge in [-0.3, -0.25) is 0 Å².